The van der Waals surface area contributed by atoms with Crippen molar-refractivity contribution in [1.82, 2.24) is 4.72 Å². The van der Waals surface area contributed by atoms with Crippen LogP contribution in [0.3, 0.4) is 0 Å². The van der Waals surface area contributed by atoms with Crippen LogP contribution in [0.2, 0.25) is 0 Å². The minimum Gasteiger partial charge on any atom is -0.383 e. The highest BCUT2D eigenvalue weighted by atomic mass is 79.9. The Balaban J connectivity index is 3.13. The number of methoxy groups -OCH3 is 1. The molecule has 0 heterocycles. The van der Waals surface area contributed by atoms with Crippen LogP contribution >= 0.6 is 31.9 Å². The normalized spacial score (nSPS) is 13.8. The summed E-state index contributed by atoms with van der Waals surface area (Å²) in [5.41, 5.74) is 0.966. The van der Waals surface area contributed by atoms with Crippen molar-refractivity contribution < 1.29 is 13.2 Å². The van der Waals surface area contributed by atoms with Gasteiger partial charge in [0.05, 0.1) is 11.5 Å². The lowest BCUT2D eigenvalue weighted by atomic mass is 10.1. The minimum absolute atomic E-state index is 0.136. The summed E-state index contributed by atoms with van der Waals surface area (Å²) in [5.74, 6) is 0.136. The van der Waals surface area contributed by atoms with Crippen LogP contribution in [0.15, 0.2) is 26.0 Å². The number of ether oxygens (including phenoxy) is 1. The Bertz CT molecular complexity index is 573. The zero-order chi connectivity index (χ0) is 15.5. The molecule has 0 spiro atoms. The quantitative estimate of drug-likeness (QED) is 0.754. The van der Waals surface area contributed by atoms with Crippen molar-refractivity contribution in [2.45, 2.75) is 31.7 Å². The third kappa shape index (κ3) is 4.53. The van der Waals surface area contributed by atoms with Gasteiger partial charge in [-0.05, 0) is 46.5 Å². The molecule has 1 unspecified atom stereocenters. The fourth-order valence-corrected chi connectivity index (χ4v) is 4.69. The van der Waals surface area contributed by atoms with Gasteiger partial charge < -0.3 is 4.74 Å². The molecule has 0 saturated carbocycles. The van der Waals surface area contributed by atoms with Crippen LogP contribution < -0.4 is 4.72 Å². The Morgan fingerprint density at radius 1 is 1.25 bits per heavy atom. The summed E-state index contributed by atoms with van der Waals surface area (Å²) in [7, 11) is -2.05. The molecule has 0 amide bonds. The Morgan fingerprint density at radius 2 is 1.85 bits per heavy atom. The smallest absolute Gasteiger partial charge is 0.242 e. The summed E-state index contributed by atoms with van der Waals surface area (Å²) < 4.78 is 34.0. The van der Waals surface area contributed by atoms with Gasteiger partial charge in [-0.25, -0.2) is 13.1 Å². The number of halogens is 2. The molecular formula is C13H19Br2NO3S. The number of sulfonamides is 1. The molecule has 1 rings (SSSR count). The van der Waals surface area contributed by atoms with E-state index in [4.69, 9.17) is 4.74 Å². The second-order valence-corrected chi connectivity index (χ2v) is 8.35. The van der Waals surface area contributed by atoms with Gasteiger partial charge in [-0.3, -0.25) is 0 Å². The van der Waals surface area contributed by atoms with E-state index in [2.05, 4.69) is 36.6 Å². The van der Waals surface area contributed by atoms with E-state index in [1.807, 2.05) is 20.8 Å². The average molecular weight is 429 g/mol. The topological polar surface area (TPSA) is 55.4 Å². The number of benzene rings is 1. The molecule has 20 heavy (non-hydrogen) atoms. The molecule has 1 atom stereocenters. The van der Waals surface area contributed by atoms with Crippen LogP contribution in [0, 0.1) is 12.8 Å². The highest BCUT2D eigenvalue weighted by Gasteiger charge is 2.24. The second kappa shape index (κ2) is 7.35. The van der Waals surface area contributed by atoms with E-state index in [1.54, 1.807) is 19.2 Å². The van der Waals surface area contributed by atoms with Gasteiger partial charge in [0.2, 0.25) is 10.0 Å². The zero-order valence-electron chi connectivity index (χ0n) is 11.9. The van der Waals surface area contributed by atoms with Crippen molar-refractivity contribution in [3.8, 4) is 0 Å². The van der Waals surface area contributed by atoms with Crippen molar-refractivity contribution >= 4 is 41.9 Å². The fraction of sp³-hybridized carbons (Fsp3) is 0.538. The third-order valence-corrected chi connectivity index (χ3v) is 6.26. The number of nitrogens with one attached hydrogen (secondary N) is 1. The van der Waals surface area contributed by atoms with Crippen LogP contribution in [0.25, 0.3) is 0 Å². The Morgan fingerprint density at radius 3 is 2.35 bits per heavy atom. The molecule has 0 aliphatic carbocycles. The van der Waals surface area contributed by atoms with Gasteiger partial charge in [0.25, 0.3) is 0 Å². The molecule has 0 fully saturated rings. The highest BCUT2D eigenvalue weighted by Crippen LogP contribution is 2.29. The monoisotopic (exact) mass is 427 g/mol. The van der Waals surface area contributed by atoms with E-state index in [-0.39, 0.29) is 16.9 Å². The molecule has 0 aliphatic rings. The predicted molar refractivity (Wildman–Crippen MR) is 87.4 cm³/mol. The maximum atomic E-state index is 12.5. The molecule has 0 aliphatic heterocycles. The molecule has 1 aromatic carbocycles. The van der Waals surface area contributed by atoms with Gasteiger partial charge >= 0.3 is 0 Å². The second-order valence-electron chi connectivity index (χ2n) is 4.96. The lowest BCUT2D eigenvalue weighted by Gasteiger charge is -2.22. The van der Waals surface area contributed by atoms with Crippen LogP contribution in [0.5, 0.6) is 0 Å². The first-order chi connectivity index (χ1) is 9.19. The van der Waals surface area contributed by atoms with Crippen LogP contribution in [-0.4, -0.2) is 28.2 Å². The molecule has 0 saturated heterocycles. The van der Waals surface area contributed by atoms with Gasteiger partial charge in [0.15, 0.2) is 0 Å². The average Bonchev–Trinajstić information content (AvgIpc) is 2.32. The Hall–Kier alpha value is 0.0500. The van der Waals surface area contributed by atoms with E-state index in [0.717, 1.165) is 10.0 Å². The van der Waals surface area contributed by atoms with E-state index < -0.39 is 10.0 Å². The molecule has 1 N–H and O–H groups in total. The van der Waals surface area contributed by atoms with Gasteiger partial charge in [0.1, 0.15) is 0 Å². The minimum atomic E-state index is -3.60. The van der Waals surface area contributed by atoms with Gasteiger partial charge in [-0.2, -0.15) is 0 Å². The number of hydrogen-bond donors (Lipinski definition) is 1. The third-order valence-electron chi connectivity index (χ3n) is 2.96. The van der Waals surface area contributed by atoms with Crippen molar-refractivity contribution in [2.24, 2.45) is 5.92 Å². The summed E-state index contributed by atoms with van der Waals surface area (Å²) in [5, 5.41) is 0. The van der Waals surface area contributed by atoms with E-state index in [1.165, 1.54) is 0 Å². The standard InChI is InChI=1S/C13H19Br2NO3S/c1-8(2)12(7-19-4)16-20(17,18)13-6-10(14)9(3)5-11(13)15/h5-6,8,12,16H,7H2,1-4H3. The summed E-state index contributed by atoms with van der Waals surface area (Å²) in [6, 6.07) is 3.11. The van der Waals surface area contributed by atoms with E-state index in [9.17, 15) is 8.42 Å². The molecule has 7 heteroatoms. The Labute approximate surface area is 137 Å². The summed E-state index contributed by atoms with van der Waals surface area (Å²) in [6.45, 7) is 6.14. The van der Waals surface area contributed by atoms with Crippen LogP contribution in [0.1, 0.15) is 19.4 Å². The number of hydrogen-bond acceptors (Lipinski definition) is 3. The van der Waals surface area contributed by atoms with Gasteiger partial charge in [-0.15, -0.1) is 0 Å². The molecule has 4 nitrogen and oxygen atoms in total. The SMILES string of the molecule is COCC(NS(=O)(=O)c1cc(Br)c(C)cc1Br)C(C)C. The number of rotatable bonds is 6. The molecular weight excluding hydrogens is 410 g/mol. The highest BCUT2D eigenvalue weighted by molar-refractivity contribution is 9.11. The van der Waals surface area contributed by atoms with E-state index in [0.29, 0.717) is 11.1 Å². The molecule has 0 aromatic heterocycles. The maximum absolute atomic E-state index is 12.5. The summed E-state index contributed by atoms with van der Waals surface area (Å²) in [6.07, 6.45) is 0. The van der Waals surface area contributed by atoms with Crippen molar-refractivity contribution in [3.63, 3.8) is 0 Å². The van der Waals surface area contributed by atoms with Gasteiger partial charge in [0, 0.05) is 22.1 Å². The predicted octanol–water partition coefficient (Wildman–Crippen LogP) is 3.47. The first-order valence-electron chi connectivity index (χ1n) is 6.16. The van der Waals surface area contributed by atoms with E-state index >= 15 is 0 Å². The zero-order valence-corrected chi connectivity index (χ0v) is 15.9. The lowest BCUT2D eigenvalue weighted by molar-refractivity contribution is 0.157. The maximum Gasteiger partial charge on any atom is 0.242 e. The Kier molecular flexibility index (Phi) is 6.66. The van der Waals surface area contributed by atoms with Gasteiger partial charge in [-0.1, -0.05) is 29.8 Å². The van der Waals surface area contributed by atoms with Crippen molar-refractivity contribution in [2.75, 3.05) is 13.7 Å². The number of aryl methyl sites for hydroxylation is 1. The molecule has 114 valence electrons. The largest absolute Gasteiger partial charge is 0.383 e. The van der Waals surface area contributed by atoms with Crippen molar-refractivity contribution in [3.05, 3.63) is 26.6 Å². The molecule has 0 bridgehead atoms. The summed E-state index contributed by atoms with van der Waals surface area (Å²) >= 11 is 6.67. The lowest BCUT2D eigenvalue weighted by Crippen LogP contribution is -2.41. The first-order valence-corrected chi connectivity index (χ1v) is 9.23. The van der Waals surface area contributed by atoms with Crippen LogP contribution in [0.4, 0.5) is 0 Å². The fourth-order valence-electron chi connectivity index (χ4n) is 1.64. The molecule has 0 radical (unpaired) electrons. The summed E-state index contributed by atoms with van der Waals surface area (Å²) in [4.78, 5) is 0.219. The molecule has 1 aromatic rings. The van der Waals surface area contributed by atoms with Crippen molar-refractivity contribution in [1.29, 1.82) is 0 Å². The first kappa shape index (κ1) is 18.1. The van der Waals surface area contributed by atoms with Crippen LogP contribution in [-0.2, 0) is 14.8 Å².